The molecule has 3 nitrogen and oxygen atoms in total. The Morgan fingerprint density at radius 2 is 1.91 bits per heavy atom. The van der Waals surface area contributed by atoms with Crippen molar-refractivity contribution in [2.45, 2.75) is 51.5 Å². The van der Waals surface area contributed by atoms with Crippen molar-refractivity contribution >= 4 is 5.91 Å². The third-order valence-corrected chi connectivity index (χ3v) is 5.11. The van der Waals surface area contributed by atoms with Crippen LogP contribution in [-0.2, 0) is 10.2 Å². The van der Waals surface area contributed by atoms with Gasteiger partial charge in [-0.25, -0.2) is 0 Å². The first-order valence-electron chi connectivity index (χ1n) is 8.58. The van der Waals surface area contributed by atoms with Crippen LogP contribution in [0.5, 0.6) is 0 Å². The predicted molar refractivity (Wildman–Crippen MR) is 89.8 cm³/mol. The second-order valence-electron chi connectivity index (χ2n) is 7.75. The fraction of sp³-hybridized carbons (Fsp3) is 0.632. The van der Waals surface area contributed by atoms with Crippen molar-refractivity contribution in [1.29, 1.82) is 0 Å². The van der Waals surface area contributed by atoms with Crippen LogP contribution in [0.4, 0.5) is 0 Å². The maximum absolute atomic E-state index is 12.7. The van der Waals surface area contributed by atoms with E-state index in [2.05, 4.69) is 55.3 Å². The zero-order valence-electron chi connectivity index (χ0n) is 14.1. The summed E-state index contributed by atoms with van der Waals surface area (Å²) in [6, 6.07) is 9.19. The molecule has 0 aromatic heterocycles. The maximum Gasteiger partial charge on any atom is 0.227 e. The Labute approximate surface area is 134 Å². The van der Waals surface area contributed by atoms with Crippen LogP contribution < -0.4 is 5.32 Å². The van der Waals surface area contributed by atoms with Crippen LogP contribution in [0.3, 0.4) is 0 Å². The van der Waals surface area contributed by atoms with Crippen molar-refractivity contribution in [3.05, 3.63) is 35.4 Å². The summed E-state index contributed by atoms with van der Waals surface area (Å²) in [7, 11) is 0. The molecule has 2 aliphatic heterocycles. The van der Waals surface area contributed by atoms with Gasteiger partial charge in [-0.3, -0.25) is 4.79 Å². The van der Waals surface area contributed by atoms with Gasteiger partial charge in [0.25, 0.3) is 0 Å². The number of nitrogens with zero attached hydrogens (tertiary/aromatic N) is 1. The Hall–Kier alpha value is -1.35. The molecular formula is C19H28N2O. The molecule has 0 bridgehead atoms. The van der Waals surface area contributed by atoms with Crippen molar-refractivity contribution in [2.24, 2.45) is 5.92 Å². The number of likely N-dealkylation sites (tertiary alicyclic amines) is 1. The average Bonchev–Trinajstić information content (AvgIpc) is 3.17. The van der Waals surface area contributed by atoms with Gasteiger partial charge in [0.05, 0.1) is 12.0 Å². The summed E-state index contributed by atoms with van der Waals surface area (Å²) in [5, 5.41) is 3.31. The van der Waals surface area contributed by atoms with Crippen molar-refractivity contribution in [3.8, 4) is 0 Å². The summed E-state index contributed by atoms with van der Waals surface area (Å²) in [5.74, 6) is 0.543. The number of rotatable bonds is 2. The van der Waals surface area contributed by atoms with Crippen molar-refractivity contribution in [3.63, 3.8) is 0 Å². The first kappa shape index (κ1) is 15.5. The predicted octanol–water partition coefficient (Wildman–Crippen LogP) is 3.26. The number of benzene rings is 1. The molecule has 1 amide bonds. The van der Waals surface area contributed by atoms with E-state index in [0.29, 0.717) is 5.91 Å². The minimum Gasteiger partial charge on any atom is -0.335 e. The molecule has 120 valence electrons. The van der Waals surface area contributed by atoms with E-state index in [1.165, 1.54) is 11.1 Å². The molecule has 3 heteroatoms. The lowest BCUT2D eigenvalue weighted by Crippen LogP contribution is -2.36. The zero-order valence-corrected chi connectivity index (χ0v) is 14.1. The van der Waals surface area contributed by atoms with E-state index in [0.717, 1.165) is 38.9 Å². The SMILES string of the molecule is CC(C)(C)c1ccc(C2CCCN2C(=O)C2CCNC2)cc1. The van der Waals surface area contributed by atoms with E-state index in [9.17, 15) is 4.79 Å². The lowest BCUT2D eigenvalue weighted by Gasteiger charge is -2.28. The number of carbonyl (C=O) groups is 1. The first-order valence-corrected chi connectivity index (χ1v) is 8.58. The van der Waals surface area contributed by atoms with Gasteiger partial charge in [-0.05, 0) is 42.3 Å². The Bertz CT molecular complexity index is 523. The average molecular weight is 300 g/mol. The minimum absolute atomic E-state index is 0.180. The highest BCUT2D eigenvalue weighted by atomic mass is 16.2. The highest BCUT2D eigenvalue weighted by Gasteiger charge is 2.35. The lowest BCUT2D eigenvalue weighted by atomic mass is 9.86. The van der Waals surface area contributed by atoms with Gasteiger partial charge in [0, 0.05) is 13.1 Å². The molecule has 2 atom stereocenters. The third kappa shape index (κ3) is 3.05. The van der Waals surface area contributed by atoms with E-state index >= 15 is 0 Å². The molecule has 2 unspecified atom stereocenters. The van der Waals surface area contributed by atoms with Gasteiger partial charge in [0.2, 0.25) is 5.91 Å². The van der Waals surface area contributed by atoms with E-state index in [1.54, 1.807) is 0 Å². The van der Waals surface area contributed by atoms with Gasteiger partial charge < -0.3 is 10.2 Å². The first-order chi connectivity index (χ1) is 10.5. The molecule has 2 heterocycles. The van der Waals surface area contributed by atoms with Crippen LogP contribution in [0.1, 0.15) is 57.2 Å². The van der Waals surface area contributed by atoms with E-state index in [4.69, 9.17) is 0 Å². The van der Waals surface area contributed by atoms with Gasteiger partial charge >= 0.3 is 0 Å². The Morgan fingerprint density at radius 3 is 2.50 bits per heavy atom. The number of hydrogen-bond acceptors (Lipinski definition) is 2. The smallest absolute Gasteiger partial charge is 0.227 e. The molecule has 2 aliphatic rings. The number of hydrogen-bond donors (Lipinski definition) is 1. The van der Waals surface area contributed by atoms with Gasteiger partial charge in [0.1, 0.15) is 0 Å². The van der Waals surface area contributed by atoms with Crippen LogP contribution in [0, 0.1) is 5.92 Å². The summed E-state index contributed by atoms with van der Waals surface area (Å²) in [6.45, 7) is 9.46. The Balaban J connectivity index is 1.76. The van der Waals surface area contributed by atoms with E-state index in [-0.39, 0.29) is 17.4 Å². The minimum atomic E-state index is 0.180. The van der Waals surface area contributed by atoms with Crippen LogP contribution in [0.25, 0.3) is 0 Å². The molecule has 3 rings (SSSR count). The van der Waals surface area contributed by atoms with Crippen LogP contribution in [-0.4, -0.2) is 30.4 Å². The van der Waals surface area contributed by atoms with Crippen molar-refractivity contribution in [1.82, 2.24) is 10.2 Å². The molecular weight excluding hydrogens is 272 g/mol. The fourth-order valence-electron chi connectivity index (χ4n) is 3.68. The number of carbonyl (C=O) groups excluding carboxylic acids is 1. The summed E-state index contributed by atoms with van der Waals surface area (Å²) in [5.41, 5.74) is 2.83. The molecule has 1 aromatic rings. The molecule has 1 aromatic carbocycles. The van der Waals surface area contributed by atoms with Gasteiger partial charge in [-0.2, -0.15) is 0 Å². The number of nitrogens with one attached hydrogen (secondary N) is 1. The van der Waals surface area contributed by atoms with Gasteiger partial charge in [-0.1, -0.05) is 45.0 Å². The zero-order chi connectivity index (χ0) is 15.7. The summed E-state index contributed by atoms with van der Waals surface area (Å²) >= 11 is 0. The van der Waals surface area contributed by atoms with Crippen molar-refractivity contribution < 1.29 is 4.79 Å². The standard InChI is InChI=1S/C19H28N2O/c1-19(2,3)16-8-6-14(7-9-16)17-5-4-12-21(17)18(22)15-10-11-20-13-15/h6-9,15,17,20H,4-5,10-13H2,1-3H3. The molecule has 2 saturated heterocycles. The highest BCUT2D eigenvalue weighted by molar-refractivity contribution is 5.80. The molecule has 0 radical (unpaired) electrons. The molecule has 0 aliphatic carbocycles. The summed E-state index contributed by atoms with van der Waals surface area (Å²) in [6.07, 6.45) is 3.21. The normalized spacial score (nSPS) is 25.7. The second-order valence-corrected chi connectivity index (χ2v) is 7.75. The molecule has 0 spiro atoms. The van der Waals surface area contributed by atoms with Crippen molar-refractivity contribution in [2.75, 3.05) is 19.6 Å². The molecule has 1 N–H and O–H groups in total. The quantitative estimate of drug-likeness (QED) is 0.909. The molecule has 0 saturated carbocycles. The summed E-state index contributed by atoms with van der Waals surface area (Å²) < 4.78 is 0. The van der Waals surface area contributed by atoms with Crippen LogP contribution in [0.2, 0.25) is 0 Å². The summed E-state index contributed by atoms with van der Waals surface area (Å²) in [4.78, 5) is 14.9. The van der Waals surface area contributed by atoms with Crippen LogP contribution in [0.15, 0.2) is 24.3 Å². The third-order valence-electron chi connectivity index (χ3n) is 5.11. The monoisotopic (exact) mass is 300 g/mol. The fourth-order valence-corrected chi connectivity index (χ4v) is 3.68. The largest absolute Gasteiger partial charge is 0.335 e. The highest BCUT2D eigenvalue weighted by Crippen LogP contribution is 2.34. The van der Waals surface area contributed by atoms with Gasteiger partial charge in [-0.15, -0.1) is 0 Å². The lowest BCUT2D eigenvalue weighted by molar-refractivity contribution is -0.135. The molecule has 22 heavy (non-hydrogen) atoms. The topological polar surface area (TPSA) is 32.3 Å². The Kier molecular flexibility index (Phi) is 4.26. The van der Waals surface area contributed by atoms with E-state index < -0.39 is 0 Å². The van der Waals surface area contributed by atoms with E-state index in [1.807, 2.05) is 0 Å². The maximum atomic E-state index is 12.7. The molecule has 2 fully saturated rings. The van der Waals surface area contributed by atoms with Crippen LogP contribution >= 0.6 is 0 Å². The van der Waals surface area contributed by atoms with Gasteiger partial charge in [0.15, 0.2) is 0 Å². The second kappa shape index (κ2) is 6.04. The Morgan fingerprint density at radius 1 is 1.18 bits per heavy atom. The number of amides is 1.